The number of aromatic nitrogens is 3. The van der Waals surface area contributed by atoms with Gasteiger partial charge >= 0.3 is 0 Å². The highest BCUT2D eigenvalue weighted by atomic mass is 16.5. The summed E-state index contributed by atoms with van der Waals surface area (Å²) < 4.78 is 5.46. The van der Waals surface area contributed by atoms with E-state index in [1.807, 2.05) is 18.5 Å². The van der Waals surface area contributed by atoms with Gasteiger partial charge in [0.25, 0.3) is 0 Å². The summed E-state index contributed by atoms with van der Waals surface area (Å²) in [6.07, 6.45) is 3.79. The van der Waals surface area contributed by atoms with Crippen LogP contribution in [0.25, 0.3) is 0 Å². The van der Waals surface area contributed by atoms with Gasteiger partial charge in [-0.2, -0.15) is 4.98 Å². The van der Waals surface area contributed by atoms with Gasteiger partial charge in [-0.25, -0.2) is 0 Å². The van der Waals surface area contributed by atoms with Gasteiger partial charge in [0.2, 0.25) is 5.89 Å². The summed E-state index contributed by atoms with van der Waals surface area (Å²) in [6, 6.07) is 4.72. The number of hydrogen-bond acceptors (Lipinski definition) is 6. The van der Waals surface area contributed by atoms with E-state index >= 15 is 0 Å². The van der Waals surface area contributed by atoms with Gasteiger partial charge in [-0.15, -0.1) is 0 Å². The summed E-state index contributed by atoms with van der Waals surface area (Å²) in [7, 11) is 0. The Bertz CT molecular complexity index is 634. The van der Waals surface area contributed by atoms with Crippen LogP contribution in [0, 0.1) is 0 Å². The number of rotatable bonds is 5. The number of nitrogens with zero attached hydrogens (tertiary/aromatic N) is 5. The molecule has 130 valence electrons. The average Bonchev–Trinajstić information content (AvgIpc) is 3.12. The molecule has 0 aliphatic carbocycles. The maximum Gasteiger partial charge on any atom is 0.243 e. The fraction of sp³-hybridized carbons (Fsp3) is 0.611. The third kappa shape index (κ3) is 3.65. The van der Waals surface area contributed by atoms with Gasteiger partial charge in [0, 0.05) is 50.5 Å². The Labute approximate surface area is 143 Å². The maximum atomic E-state index is 5.46. The lowest BCUT2D eigenvalue weighted by atomic mass is 10.1. The van der Waals surface area contributed by atoms with Crippen molar-refractivity contribution in [2.24, 2.45) is 0 Å². The maximum absolute atomic E-state index is 5.46. The predicted molar refractivity (Wildman–Crippen MR) is 92.6 cm³/mol. The molecule has 1 saturated heterocycles. The van der Waals surface area contributed by atoms with E-state index in [1.54, 1.807) is 0 Å². The number of hydrogen-bond donors (Lipinski definition) is 0. The van der Waals surface area contributed by atoms with Crippen molar-refractivity contribution in [1.29, 1.82) is 0 Å². The van der Waals surface area contributed by atoms with E-state index < -0.39 is 0 Å². The fourth-order valence-electron chi connectivity index (χ4n) is 3.15. The molecule has 2 atom stereocenters. The van der Waals surface area contributed by atoms with Crippen molar-refractivity contribution in [2.75, 3.05) is 26.2 Å². The first-order valence-corrected chi connectivity index (χ1v) is 8.77. The molecule has 1 aliphatic heterocycles. The van der Waals surface area contributed by atoms with Gasteiger partial charge in [0.05, 0.1) is 6.04 Å². The SMILES string of the molecule is CC(C)c1noc([C@@H](C)N2CCN([C@@H](C)c3cccnc3)CC2)n1. The van der Waals surface area contributed by atoms with E-state index in [2.05, 4.69) is 58.7 Å². The molecular weight excluding hydrogens is 302 g/mol. The van der Waals surface area contributed by atoms with E-state index in [4.69, 9.17) is 4.52 Å². The first kappa shape index (κ1) is 17.0. The average molecular weight is 329 g/mol. The van der Waals surface area contributed by atoms with Crippen LogP contribution in [0.1, 0.15) is 63.0 Å². The molecule has 0 saturated carbocycles. The van der Waals surface area contributed by atoms with E-state index in [-0.39, 0.29) is 6.04 Å². The third-order valence-electron chi connectivity index (χ3n) is 4.94. The topological polar surface area (TPSA) is 58.3 Å². The van der Waals surface area contributed by atoms with Crippen LogP contribution in [0.3, 0.4) is 0 Å². The normalized spacial score (nSPS) is 19.5. The summed E-state index contributed by atoms with van der Waals surface area (Å²) in [4.78, 5) is 13.7. The quantitative estimate of drug-likeness (QED) is 0.840. The summed E-state index contributed by atoms with van der Waals surface area (Å²) in [5, 5.41) is 4.08. The molecule has 0 unspecified atom stereocenters. The molecule has 1 fully saturated rings. The van der Waals surface area contributed by atoms with Crippen LogP contribution in [-0.4, -0.2) is 51.1 Å². The number of pyridine rings is 1. The highest BCUT2D eigenvalue weighted by molar-refractivity contribution is 5.13. The second-order valence-electron chi connectivity index (χ2n) is 6.86. The minimum absolute atomic E-state index is 0.167. The Morgan fingerprint density at radius 3 is 2.21 bits per heavy atom. The first-order valence-electron chi connectivity index (χ1n) is 8.77. The highest BCUT2D eigenvalue weighted by Crippen LogP contribution is 2.25. The zero-order chi connectivity index (χ0) is 17.1. The number of piperazine rings is 1. The van der Waals surface area contributed by atoms with Crippen molar-refractivity contribution in [2.45, 2.75) is 45.7 Å². The van der Waals surface area contributed by atoms with E-state index in [9.17, 15) is 0 Å². The second kappa shape index (κ2) is 7.40. The Hall–Kier alpha value is -1.79. The molecule has 24 heavy (non-hydrogen) atoms. The summed E-state index contributed by atoms with van der Waals surface area (Å²) in [6.45, 7) is 12.6. The van der Waals surface area contributed by atoms with Crippen LogP contribution in [-0.2, 0) is 0 Å². The van der Waals surface area contributed by atoms with E-state index in [0.29, 0.717) is 12.0 Å². The Morgan fingerprint density at radius 1 is 1.00 bits per heavy atom. The Kier molecular flexibility index (Phi) is 5.26. The van der Waals surface area contributed by atoms with Crippen LogP contribution < -0.4 is 0 Å². The van der Waals surface area contributed by atoms with Gasteiger partial charge in [-0.05, 0) is 25.5 Å². The molecule has 0 aromatic carbocycles. The molecule has 1 aliphatic rings. The Balaban J connectivity index is 1.58. The van der Waals surface area contributed by atoms with Crippen LogP contribution in [0.2, 0.25) is 0 Å². The van der Waals surface area contributed by atoms with E-state index in [0.717, 1.165) is 37.9 Å². The first-order chi connectivity index (χ1) is 11.6. The van der Waals surface area contributed by atoms with Crippen LogP contribution in [0.5, 0.6) is 0 Å². The molecule has 6 nitrogen and oxygen atoms in total. The summed E-state index contributed by atoms with van der Waals surface area (Å²) in [5.74, 6) is 1.82. The minimum Gasteiger partial charge on any atom is -0.338 e. The molecule has 0 N–H and O–H groups in total. The molecule has 2 aromatic rings. The van der Waals surface area contributed by atoms with Crippen molar-refractivity contribution in [3.8, 4) is 0 Å². The lowest BCUT2D eigenvalue weighted by molar-refractivity contribution is 0.0677. The molecule has 6 heteroatoms. The molecule has 0 radical (unpaired) electrons. The fourth-order valence-corrected chi connectivity index (χ4v) is 3.15. The van der Waals surface area contributed by atoms with Gasteiger partial charge in [-0.1, -0.05) is 25.1 Å². The highest BCUT2D eigenvalue weighted by Gasteiger charge is 2.28. The minimum atomic E-state index is 0.167. The zero-order valence-corrected chi connectivity index (χ0v) is 15.0. The molecule has 3 rings (SSSR count). The second-order valence-corrected chi connectivity index (χ2v) is 6.86. The van der Waals surface area contributed by atoms with Gasteiger partial charge in [0.15, 0.2) is 5.82 Å². The van der Waals surface area contributed by atoms with Gasteiger partial charge < -0.3 is 4.52 Å². The standard InChI is InChI=1S/C18H27N5O/c1-13(2)17-20-18(24-21-17)15(4)23-10-8-22(9-11-23)14(3)16-6-5-7-19-12-16/h5-7,12-15H,8-11H2,1-4H3/t14-,15+/m0/s1. The summed E-state index contributed by atoms with van der Waals surface area (Å²) >= 11 is 0. The molecule has 0 amide bonds. The smallest absolute Gasteiger partial charge is 0.243 e. The predicted octanol–water partition coefficient (Wildman–Crippen LogP) is 3.03. The van der Waals surface area contributed by atoms with Crippen LogP contribution in [0.15, 0.2) is 29.0 Å². The Morgan fingerprint density at radius 2 is 1.67 bits per heavy atom. The summed E-state index contributed by atoms with van der Waals surface area (Å²) in [5.41, 5.74) is 1.28. The van der Waals surface area contributed by atoms with Crippen LogP contribution in [0.4, 0.5) is 0 Å². The third-order valence-corrected chi connectivity index (χ3v) is 4.94. The molecule has 3 heterocycles. The van der Waals surface area contributed by atoms with E-state index in [1.165, 1.54) is 5.56 Å². The van der Waals surface area contributed by atoms with Crippen molar-refractivity contribution in [1.82, 2.24) is 24.9 Å². The van der Waals surface area contributed by atoms with Crippen molar-refractivity contribution < 1.29 is 4.52 Å². The van der Waals surface area contributed by atoms with Gasteiger partial charge in [-0.3, -0.25) is 14.8 Å². The lowest BCUT2D eigenvalue weighted by Gasteiger charge is -2.39. The monoisotopic (exact) mass is 329 g/mol. The molecule has 0 bridgehead atoms. The van der Waals surface area contributed by atoms with Crippen LogP contribution >= 0.6 is 0 Å². The molecule has 0 spiro atoms. The zero-order valence-electron chi connectivity index (χ0n) is 15.0. The van der Waals surface area contributed by atoms with Gasteiger partial charge in [0.1, 0.15) is 0 Å². The molecule has 2 aromatic heterocycles. The van der Waals surface area contributed by atoms with Crippen molar-refractivity contribution >= 4 is 0 Å². The van der Waals surface area contributed by atoms with Crippen molar-refractivity contribution in [3.05, 3.63) is 41.8 Å². The molecular formula is C18H27N5O. The van der Waals surface area contributed by atoms with Crippen molar-refractivity contribution in [3.63, 3.8) is 0 Å². The lowest BCUT2D eigenvalue weighted by Crippen LogP contribution is -2.47. The largest absolute Gasteiger partial charge is 0.338 e.